The van der Waals surface area contributed by atoms with Crippen LogP contribution in [0.4, 0.5) is 5.69 Å². The standard InChI is InChI=1S/C15H23ClN2O2S/c1-10-13(16)8-12(9-14(10)17)21(19,20)18-11-4-6-15(2,3)7-5-11/h8-9,11,18H,4-7,17H2,1-3H3. The Morgan fingerprint density at radius 1 is 1.29 bits per heavy atom. The van der Waals surface area contributed by atoms with Crippen LogP contribution in [0.1, 0.15) is 45.1 Å². The molecule has 0 aromatic heterocycles. The lowest BCUT2D eigenvalue weighted by atomic mass is 9.76. The van der Waals surface area contributed by atoms with E-state index >= 15 is 0 Å². The van der Waals surface area contributed by atoms with E-state index in [1.807, 2.05) is 0 Å². The summed E-state index contributed by atoms with van der Waals surface area (Å²) in [6.45, 7) is 6.21. The molecule has 3 N–H and O–H groups in total. The van der Waals surface area contributed by atoms with E-state index in [9.17, 15) is 8.42 Å². The van der Waals surface area contributed by atoms with Gasteiger partial charge >= 0.3 is 0 Å². The second-order valence-electron chi connectivity index (χ2n) is 6.68. The highest BCUT2D eigenvalue weighted by molar-refractivity contribution is 7.89. The Balaban J connectivity index is 2.16. The quantitative estimate of drug-likeness (QED) is 0.833. The third kappa shape index (κ3) is 3.90. The van der Waals surface area contributed by atoms with Gasteiger partial charge in [0.2, 0.25) is 10.0 Å². The van der Waals surface area contributed by atoms with Gasteiger partial charge in [-0.1, -0.05) is 25.4 Å². The van der Waals surface area contributed by atoms with E-state index in [1.165, 1.54) is 12.1 Å². The van der Waals surface area contributed by atoms with Gasteiger partial charge < -0.3 is 5.73 Å². The van der Waals surface area contributed by atoms with Crippen LogP contribution in [0, 0.1) is 12.3 Å². The lowest BCUT2D eigenvalue weighted by Gasteiger charge is -2.34. The molecular formula is C15H23ClN2O2S. The van der Waals surface area contributed by atoms with Crippen LogP contribution in [0.3, 0.4) is 0 Å². The minimum absolute atomic E-state index is 0.00988. The van der Waals surface area contributed by atoms with Crippen molar-refractivity contribution in [1.82, 2.24) is 4.72 Å². The smallest absolute Gasteiger partial charge is 0.240 e. The van der Waals surface area contributed by atoms with Gasteiger partial charge in [-0.2, -0.15) is 0 Å². The number of halogens is 1. The molecule has 6 heteroatoms. The van der Waals surface area contributed by atoms with E-state index < -0.39 is 10.0 Å². The van der Waals surface area contributed by atoms with Crippen LogP contribution in [0.2, 0.25) is 5.02 Å². The van der Waals surface area contributed by atoms with Crippen molar-refractivity contribution >= 4 is 27.3 Å². The predicted octanol–water partition coefficient (Wildman–Crippen LogP) is 3.48. The first-order valence-corrected chi connectivity index (χ1v) is 9.05. The minimum atomic E-state index is -3.57. The third-order valence-corrected chi connectivity index (χ3v) is 6.22. The van der Waals surface area contributed by atoms with Gasteiger partial charge in [0, 0.05) is 16.8 Å². The Hall–Kier alpha value is -0.780. The topological polar surface area (TPSA) is 72.2 Å². The Bertz CT molecular complexity index is 608. The van der Waals surface area contributed by atoms with Crippen LogP contribution in [0.25, 0.3) is 0 Å². The maximum absolute atomic E-state index is 12.5. The molecule has 1 fully saturated rings. The molecule has 1 aromatic carbocycles. The second kappa shape index (κ2) is 5.78. The van der Waals surface area contributed by atoms with Gasteiger partial charge in [0.05, 0.1) is 4.90 Å². The number of hydrogen-bond donors (Lipinski definition) is 2. The van der Waals surface area contributed by atoms with Crippen LogP contribution in [-0.4, -0.2) is 14.5 Å². The molecule has 4 nitrogen and oxygen atoms in total. The molecule has 2 rings (SSSR count). The van der Waals surface area contributed by atoms with Crippen LogP contribution in [0.5, 0.6) is 0 Å². The second-order valence-corrected chi connectivity index (χ2v) is 8.80. The normalized spacial score (nSPS) is 19.6. The molecule has 0 radical (unpaired) electrons. The molecule has 0 heterocycles. The molecular weight excluding hydrogens is 308 g/mol. The Kier molecular flexibility index (Phi) is 4.57. The van der Waals surface area contributed by atoms with Gasteiger partial charge in [-0.15, -0.1) is 0 Å². The number of nitrogen functional groups attached to an aromatic ring is 1. The highest BCUT2D eigenvalue weighted by Crippen LogP contribution is 2.35. The van der Waals surface area contributed by atoms with Crippen molar-refractivity contribution in [2.75, 3.05) is 5.73 Å². The van der Waals surface area contributed by atoms with Gasteiger partial charge in [-0.3, -0.25) is 0 Å². The van der Waals surface area contributed by atoms with E-state index in [1.54, 1.807) is 6.92 Å². The van der Waals surface area contributed by atoms with Crippen molar-refractivity contribution in [3.63, 3.8) is 0 Å². The lowest BCUT2D eigenvalue weighted by molar-refractivity contribution is 0.218. The van der Waals surface area contributed by atoms with Crippen molar-refractivity contribution in [3.8, 4) is 0 Å². The molecule has 21 heavy (non-hydrogen) atoms. The molecule has 0 atom stereocenters. The average Bonchev–Trinajstić information content (AvgIpc) is 2.38. The maximum atomic E-state index is 12.5. The van der Waals surface area contributed by atoms with Crippen molar-refractivity contribution in [3.05, 3.63) is 22.7 Å². The number of hydrogen-bond acceptors (Lipinski definition) is 3. The fourth-order valence-corrected chi connectivity index (χ4v) is 4.29. The summed E-state index contributed by atoms with van der Waals surface area (Å²) in [6, 6.07) is 2.92. The minimum Gasteiger partial charge on any atom is -0.398 e. The molecule has 1 aliphatic rings. The van der Waals surface area contributed by atoms with E-state index in [-0.39, 0.29) is 10.9 Å². The summed E-state index contributed by atoms with van der Waals surface area (Å²) in [5.74, 6) is 0. The van der Waals surface area contributed by atoms with Crippen LogP contribution < -0.4 is 10.5 Å². The van der Waals surface area contributed by atoms with E-state index in [0.29, 0.717) is 21.7 Å². The highest BCUT2D eigenvalue weighted by Gasteiger charge is 2.29. The van der Waals surface area contributed by atoms with E-state index in [4.69, 9.17) is 17.3 Å². The van der Waals surface area contributed by atoms with Crippen LogP contribution in [-0.2, 0) is 10.0 Å². The molecule has 0 aliphatic heterocycles. The average molecular weight is 331 g/mol. The number of benzene rings is 1. The third-order valence-electron chi connectivity index (χ3n) is 4.33. The number of rotatable bonds is 3. The van der Waals surface area contributed by atoms with Crippen LogP contribution in [0.15, 0.2) is 17.0 Å². The van der Waals surface area contributed by atoms with Gasteiger partial charge in [-0.25, -0.2) is 13.1 Å². The fraction of sp³-hybridized carbons (Fsp3) is 0.600. The molecule has 0 spiro atoms. The first kappa shape index (κ1) is 16.6. The summed E-state index contributed by atoms with van der Waals surface area (Å²) in [4.78, 5) is 0.139. The molecule has 118 valence electrons. The zero-order valence-corrected chi connectivity index (χ0v) is 14.3. The molecule has 1 aromatic rings. The van der Waals surface area contributed by atoms with Gasteiger partial charge in [-0.05, 0) is 55.7 Å². The predicted molar refractivity (Wildman–Crippen MR) is 87.0 cm³/mol. The first-order valence-electron chi connectivity index (χ1n) is 7.19. The van der Waals surface area contributed by atoms with Crippen molar-refractivity contribution in [1.29, 1.82) is 0 Å². The maximum Gasteiger partial charge on any atom is 0.240 e. The zero-order valence-electron chi connectivity index (χ0n) is 12.7. The van der Waals surface area contributed by atoms with Gasteiger partial charge in [0.25, 0.3) is 0 Å². The molecule has 0 saturated heterocycles. The Morgan fingerprint density at radius 2 is 1.86 bits per heavy atom. The number of sulfonamides is 1. The Morgan fingerprint density at radius 3 is 2.38 bits per heavy atom. The summed E-state index contributed by atoms with van der Waals surface area (Å²) in [5, 5.41) is 0.375. The summed E-state index contributed by atoms with van der Waals surface area (Å²) < 4.78 is 27.7. The number of anilines is 1. The van der Waals surface area contributed by atoms with E-state index in [2.05, 4.69) is 18.6 Å². The molecule has 1 aliphatic carbocycles. The Labute approximate surface area is 132 Å². The lowest BCUT2D eigenvalue weighted by Crippen LogP contribution is -2.39. The monoisotopic (exact) mass is 330 g/mol. The summed E-state index contributed by atoms with van der Waals surface area (Å²) >= 11 is 6.03. The number of nitrogens with two attached hydrogens (primary N) is 1. The molecule has 0 amide bonds. The number of nitrogens with one attached hydrogen (secondary N) is 1. The molecule has 1 saturated carbocycles. The SMILES string of the molecule is Cc1c(N)cc(S(=O)(=O)NC2CCC(C)(C)CC2)cc1Cl. The zero-order chi connectivity index (χ0) is 15.8. The summed E-state index contributed by atoms with van der Waals surface area (Å²) in [7, 11) is -3.57. The van der Waals surface area contributed by atoms with E-state index in [0.717, 1.165) is 25.7 Å². The largest absolute Gasteiger partial charge is 0.398 e. The fourth-order valence-electron chi connectivity index (χ4n) is 2.63. The highest BCUT2D eigenvalue weighted by atomic mass is 35.5. The van der Waals surface area contributed by atoms with Crippen LogP contribution >= 0.6 is 11.6 Å². The molecule has 0 bridgehead atoms. The molecule has 0 unspecified atom stereocenters. The van der Waals surface area contributed by atoms with Crippen molar-refractivity contribution in [2.24, 2.45) is 5.41 Å². The summed E-state index contributed by atoms with van der Waals surface area (Å²) in [5.41, 5.74) is 7.22. The van der Waals surface area contributed by atoms with Crippen molar-refractivity contribution in [2.45, 2.75) is 57.4 Å². The first-order chi connectivity index (χ1) is 9.61. The van der Waals surface area contributed by atoms with Gasteiger partial charge in [0.1, 0.15) is 0 Å². The summed E-state index contributed by atoms with van der Waals surface area (Å²) in [6.07, 6.45) is 3.77. The van der Waals surface area contributed by atoms with Crippen molar-refractivity contribution < 1.29 is 8.42 Å². The van der Waals surface area contributed by atoms with Gasteiger partial charge in [0.15, 0.2) is 0 Å².